The molecule has 0 saturated carbocycles. The fourth-order valence-corrected chi connectivity index (χ4v) is 3.54. The number of likely N-dealkylation sites (tertiary alicyclic amines) is 1. The van der Waals surface area contributed by atoms with Gasteiger partial charge in [0.1, 0.15) is 5.75 Å². The van der Waals surface area contributed by atoms with E-state index in [4.69, 9.17) is 4.74 Å². The van der Waals surface area contributed by atoms with Crippen LogP contribution in [0.25, 0.3) is 5.69 Å². The number of nitrogens with zero attached hydrogens (tertiary/aromatic N) is 3. The minimum atomic E-state index is 0.274. The van der Waals surface area contributed by atoms with Crippen LogP contribution < -0.4 is 4.74 Å². The van der Waals surface area contributed by atoms with Gasteiger partial charge in [-0.1, -0.05) is 0 Å². The van der Waals surface area contributed by atoms with E-state index in [-0.39, 0.29) is 5.91 Å². The number of aromatic nitrogens is 2. The number of carbonyl (C=O) groups excluding carboxylic acids is 1. The van der Waals surface area contributed by atoms with Crippen molar-refractivity contribution in [1.82, 2.24) is 14.7 Å². The highest BCUT2D eigenvalue weighted by molar-refractivity contribution is 5.76. The molecular weight excluding hydrogens is 314 g/mol. The number of rotatable bonds is 5. The van der Waals surface area contributed by atoms with Gasteiger partial charge in [-0.25, -0.2) is 4.68 Å². The average Bonchev–Trinajstić information content (AvgIpc) is 2.94. The maximum absolute atomic E-state index is 12.4. The Balaban J connectivity index is 1.71. The molecule has 2 heterocycles. The van der Waals surface area contributed by atoms with Crippen molar-refractivity contribution in [3.05, 3.63) is 41.2 Å². The van der Waals surface area contributed by atoms with Crippen LogP contribution in [0.4, 0.5) is 0 Å². The number of carbonyl (C=O) groups is 1. The normalized spacial score (nSPS) is 14.6. The van der Waals surface area contributed by atoms with Crippen LogP contribution in [-0.2, 0) is 11.2 Å². The fourth-order valence-electron chi connectivity index (χ4n) is 3.54. The summed E-state index contributed by atoms with van der Waals surface area (Å²) in [4.78, 5) is 14.4. The highest BCUT2D eigenvalue weighted by Gasteiger charge is 2.19. The van der Waals surface area contributed by atoms with E-state index in [1.807, 2.05) is 40.8 Å². The molecule has 0 atom stereocenters. The van der Waals surface area contributed by atoms with Crippen LogP contribution in [0.1, 0.15) is 42.6 Å². The lowest BCUT2D eigenvalue weighted by Crippen LogP contribution is -2.35. The molecule has 0 unspecified atom stereocenters. The minimum Gasteiger partial charge on any atom is -0.497 e. The van der Waals surface area contributed by atoms with Gasteiger partial charge >= 0.3 is 0 Å². The molecule has 1 saturated heterocycles. The molecule has 3 rings (SSSR count). The quantitative estimate of drug-likeness (QED) is 0.837. The Morgan fingerprint density at radius 2 is 1.80 bits per heavy atom. The molecule has 25 heavy (non-hydrogen) atoms. The van der Waals surface area contributed by atoms with Crippen LogP contribution in [0.3, 0.4) is 0 Å². The van der Waals surface area contributed by atoms with Gasteiger partial charge in [-0.2, -0.15) is 5.10 Å². The molecule has 0 spiro atoms. The van der Waals surface area contributed by atoms with Gasteiger partial charge in [-0.05, 0) is 69.4 Å². The van der Waals surface area contributed by atoms with Gasteiger partial charge in [-0.15, -0.1) is 0 Å². The smallest absolute Gasteiger partial charge is 0.222 e. The SMILES string of the molecule is COc1ccc(-n2nc(C)c(CCC(=O)N3CCCCC3)c2C)cc1. The lowest BCUT2D eigenvalue weighted by Gasteiger charge is -2.26. The van der Waals surface area contributed by atoms with E-state index in [1.165, 1.54) is 12.0 Å². The maximum Gasteiger partial charge on any atom is 0.222 e. The molecule has 0 aliphatic carbocycles. The van der Waals surface area contributed by atoms with Gasteiger partial charge in [0.05, 0.1) is 18.5 Å². The third-order valence-corrected chi connectivity index (χ3v) is 5.06. The van der Waals surface area contributed by atoms with Gasteiger partial charge in [0, 0.05) is 25.2 Å². The summed E-state index contributed by atoms with van der Waals surface area (Å²) in [6.07, 6.45) is 4.84. The number of piperidine rings is 1. The van der Waals surface area contributed by atoms with Gasteiger partial charge in [0.2, 0.25) is 5.91 Å². The molecule has 1 aliphatic heterocycles. The highest BCUT2D eigenvalue weighted by atomic mass is 16.5. The average molecular weight is 341 g/mol. The zero-order valence-corrected chi connectivity index (χ0v) is 15.4. The Bertz CT molecular complexity index is 728. The Kier molecular flexibility index (Phi) is 5.41. The number of hydrogen-bond donors (Lipinski definition) is 0. The predicted octanol–water partition coefficient (Wildman–Crippen LogP) is 3.44. The first kappa shape index (κ1) is 17.5. The molecule has 1 amide bonds. The molecule has 1 fully saturated rings. The number of benzene rings is 1. The Morgan fingerprint density at radius 3 is 2.44 bits per heavy atom. The van der Waals surface area contributed by atoms with E-state index in [0.29, 0.717) is 6.42 Å². The first-order chi connectivity index (χ1) is 12.1. The van der Waals surface area contributed by atoms with Crippen molar-refractivity contribution in [1.29, 1.82) is 0 Å². The van der Waals surface area contributed by atoms with Crippen molar-refractivity contribution in [3.8, 4) is 11.4 Å². The van der Waals surface area contributed by atoms with Crippen LogP contribution in [0.2, 0.25) is 0 Å². The molecular formula is C20H27N3O2. The summed E-state index contributed by atoms with van der Waals surface area (Å²) < 4.78 is 7.17. The predicted molar refractivity (Wildman–Crippen MR) is 98.3 cm³/mol. The number of amides is 1. The monoisotopic (exact) mass is 341 g/mol. The zero-order valence-electron chi connectivity index (χ0n) is 15.4. The van der Waals surface area contributed by atoms with E-state index in [0.717, 1.165) is 55.2 Å². The van der Waals surface area contributed by atoms with Gasteiger partial charge in [-0.3, -0.25) is 4.79 Å². The van der Waals surface area contributed by atoms with Crippen LogP contribution in [-0.4, -0.2) is 40.8 Å². The Labute approximate surface area is 149 Å². The third-order valence-electron chi connectivity index (χ3n) is 5.06. The summed E-state index contributed by atoms with van der Waals surface area (Å²) in [6.45, 7) is 5.93. The topological polar surface area (TPSA) is 47.4 Å². The van der Waals surface area contributed by atoms with E-state index in [2.05, 4.69) is 12.0 Å². The Morgan fingerprint density at radius 1 is 1.12 bits per heavy atom. The molecule has 5 nitrogen and oxygen atoms in total. The molecule has 1 aliphatic rings. The van der Waals surface area contributed by atoms with Crippen molar-refractivity contribution >= 4 is 5.91 Å². The maximum atomic E-state index is 12.4. The third kappa shape index (κ3) is 3.86. The van der Waals surface area contributed by atoms with E-state index >= 15 is 0 Å². The summed E-state index contributed by atoms with van der Waals surface area (Å²) in [5, 5.41) is 4.68. The van der Waals surface area contributed by atoms with Crippen molar-refractivity contribution in [3.63, 3.8) is 0 Å². The summed E-state index contributed by atoms with van der Waals surface area (Å²) in [5.74, 6) is 1.10. The van der Waals surface area contributed by atoms with Gasteiger partial charge < -0.3 is 9.64 Å². The van der Waals surface area contributed by atoms with Crippen molar-refractivity contribution in [2.45, 2.75) is 46.0 Å². The number of hydrogen-bond acceptors (Lipinski definition) is 3. The van der Waals surface area contributed by atoms with Crippen LogP contribution >= 0.6 is 0 Å². The molecule has 0 radical (unpaired) electrons. The lowest BCUT2D eigenvalue weighted by molar-refractivity contribution is -0.132. The van der Waals surface area contributed by atoms with Crippen molar-refractivity contribution < 1.29 is 9.53 Å². The highest BCUT2D eigenvalue weighted by Crippen LogP contribution is 2.22. The second-order valence-corrected chi connectivity index (χ2v) is 6.70. The molecule has 134 valence electrons. The number of aryl methyl sites for hydroxylation is 1. The molecule has 1 aromatic heterocycles. The standard InChI is InChI=1S/C20H27N3O2/c1-15-19(11-12-20(24)22-13-5-4-6-14-22)16(2)23(21-15)17-7-9-18(25-3)10-8-17/h7-10H,4-6,11-14H2,1-3H3. The van der Waals surface area contributed by atoms with Crippen LogP contribution in [0, 0.1) is 13.8 Å². The largest absolute Gasteiger partial charge is 0.497 e. The van der Waals surface area contributed by atoms with E-state index in [1.54, 1.807) is 7.11 Å². The zero-order chi connectivity index (χ0) is 17.8. The van der Waals surface area contributed by atoms with E-state index < -0.39 is 0 Å². The summed E-state index contributed by atoms with van der Waals surface area (Å²) >= 11 is 0. The molecule has 5 heteroatoms. The molecule has 1 aromatic carbocycles. The summed E-state index contributed by atoms with van der Waals surface area (Å²) in [5.41, 5.74) is 4.30. The summed E-state index contributed by atoms with van der Waals surface area (Å²) in [6, 6.07) is 7.87. The van der Waals surface area contributed by atoms with Gasteiger partial charge in [0.25, 0.3) is 0 Å². The molecule has 0 bridgehead atoms. The van der Waals surface area contributed by atoms with Gasteiger partial charge in [0.15, 0.2) is 0 Å². The molecule has 2 aromatic rings. The van der Waals surface area contributed by atoms with Crippen molar-refractivity contribution in [2.75, 3.05) is 20.2 Å². The van der Waals surface area contributed by atoms with Crippen molar-refractivity contribution in [2.24, 2.45) is 0 Å². The summed E-state index contributed by atoms with van der Waals surface area (Å²) in [7, 11) is 1.66. The molecule has 0 N–H and O–H groups in total. The second-order valence-electron chi connectivity index (χ2n) is 6.70. The fraction of sp³-hybridized carbons (Fsp3) is 0.500. The number of ether oxygens (including phenoxy) is 1. The lowest BCUT2D eigenvalue weighted by atomic mass is 10.1. The minimum absolute atomic E-state index is 0.274. The first-order valence-corrected chi connectivity index (χ1v) is 9.07. The second kappa shape index (κ2) is 7.72. The van der Waals surface area contributed by atoms with Crippen LogP contribution in [0.5, 0.6) is 5.75 Å². The Hall–Kier alpha value is -2.30. The number of methoxy groups -OCH3 is 1. The first-order valence-electron chi connectivity index (χ1n) is 9.07. The van der Waals surface area contributed by atoms with Crippen LogP contribution in [0.15, 0.2) is 24.3 Å². The van der Waals surface area contributed by atoms with E-state index in [9.17, 15) is 4.79 Å².